The zero-order valence-electron chi connectivity index (χ0n) is 15.8. The Bertz CT molecular complexity index is 1010. The third kappa shape index (κ3) is 4.86. The highest BCUT2D eigenvalue weighted by molar-refractivity contribution is 6.03. The number of carbonyl (C=O) groups excluding carboxylic acids is 2. The van der Waals surface area contributed by atoms with Crippen LogP contribution in [0.15, 0.2) is 60.7 Å². The van der Waals surface area contributed by atoms with Crippen LogP contribution in [0.3, 0.4) is 0 Å². The Kier molecular flexibility index (Phi) is 5.73. The monoisotopic (exact) mass is 393 g/mol. The van der Waals surface area contributed by atoms with Crippen molar-refractivity contribution in [2.45, 2.75) is 6.92 Å². The van der Waals surface area contributed by atoms with E-state index in [-0.39, 0.29) is 24.1 Å². The number of amides is 2. The summed E-state index contributed by atoms with van der Waals surface area (Å²) in [7, 11) is 0. The second-order valence-electron chi connectivity index (χ2n) is 6.58. The van der Waals surface area contributed by atoms with Gasteiger partial charge in [0.05, 0.1) is 10.6 Å². The number of ether oxygens (including phenoxy) is 1. The van der Waals surface area contributed by atoms with E-state index in [1.165, 1.54) is 18.2 Å². The van der Waals surface area contributed by atoms with Crippen LogP contribution in [0.4, 0.5) is 17.1 Å². The predicted octanol–water partition coefficient (Wildman–Crippen LogP) is 3.55. The van der Waals surface area contributed by atoms with Crippen LogP contribution >= 0.6 is 0 Å². The molecule has 3 rings (SSSR count). The van der Waals surface area contributed by atoms with Crippen molar-refractivity contribution in [3.63, 3.8) is 0 Å². The average Bonchev–Trinajstić information content (AvgIpc) is 2.68. The Morgan fingerprint density at radius 2 is 2.03 bits per heavy atom. The van der Waals surface area contributed by atoms with Crippen LogP contribution in [0, 0.1) is 10.1 Å². The standard InChI is InChI=1S/C21H19N3O5/c1-14(2)12-23-18-9-6-16(11-19(18)29-13-21(23)26)22-20(25)10-5-15-3-7-17(8-4-15)24(27)28/h3-11H,1,12-13H2,2H3,(H,22,25)/b10-5+. The Morgan fingerprint density at radius 3 is 2.69 bits per heavy atom. The largest absolute Gasteiger partial charge is 0.481 e. The Labute approximate surface area is 167 Å². The molecule has 0 radical (unpaired) electrons. The summed E-state index contributed by atoms with van der Waals surface area (Å²) in [5.74, 6) is -0.0136. The summed E-state index contributed by atoms with van der Waals surface area (Å²) in [5, 5.41) is 13.4. The fourth-order valence-electron chi connectivity index (χ4n) is 2.79. The summed E-state index contributed by atoms with van der Waals surface area (Å²) in [5.41, 5.74) is 2.64. The summed E-state index contributed by atoms with van der Waals surface area (Å²) in [6, 6.07) is 10.9. The summed E-state index contributed by atoms with van der Waals surface area (Å²) in [6.45, 7) is 6.01. The first-order chi connectivity index (χ1) is 13.8. The molecule has 1 heterocycles. The minimum atomic E-state index is -0.483. The third-order valence-corrected chi connectivity index (χ3v) is 4.13. The molecule has 0 fully saturated rings. The molecule has 0 spiro atoms. The maximum atomic E-state index is 12.2. The first kappa shape index (κ1) is 19.8. The maximum absolute atomic E-state index is 12.2. The number of nitrogens with one attached hydrogen (secondary N) is 1. The second-order valence-corrected chi connectivity index (χ2v) is 6.58. The van der Waals surface area contributed by atoms with Gasteiger partial charge in [-0.15, -0.1) is 0 Å². The number of fused-ring (bicyclic) bond motifs is 1. The molecule has 0 aliphatic carbocycles. The molecule has 2 aromatic carbocycles. The van der Waals surface area contributed by atoms with Gasteiger partial charge in [0.15, 0.2) is 6.61 Å². The van der Waals surface area contributed by atoms with Gasteiger partial charge in [0.25, 0.3) is 11.6 Å². The zero-order chi connectivity index (χ0) is 21.0. The van der Waals surface area contributed by atoms with Gasteiger partial charge in [0, 0.05) is 36.5 Å². The first-order valence-electron chi connectivity index (χ1n) is 8.78. The molecular formula is C21H19N3O5. The fraction of sp³-hybridized carbons (Fsp3) is 0.143. The molecule has 8 nitrogen and oxygen atoms in total. The van der Waals surface area contributed by atoms with Crippen molar-refractivity contribution in [2.24, 2.45) is 0 Å². The van der Waals surface area contributed by atoms with Crippen molar-refractivity contribution < 1.29 is 19.2 Å². The van der Waals surface area contributed by atoms with Gasteiger partial charge in [-0.05, 0) is 42.8 Å². The van der Waals surface area contributed by atoms with Gasteiger partial charge in [-0.1, -0.05) is 12.2 Å². The van der Waals surface area contributed by atoms with Crippen LogP contribution in [0.25, 0.3) is 6.08 Å². The van der Waals surface area contributed by atoms with Crippen LogP contribution in [-0.4, -0.2) is 29.9 Å². The van der Waals surface area contributed by atoms with Crippen molar-refractivity contribution in [1.82, 2.24) is 0 Å². The van der Waals surface area contributed by atoms with Crippen molar-refractivity contribution in [2.75, 3.05) is 23.4 Å². The summed E-state index contributed by atoms with van der Waals surface area (Å²) < 4.78 is 5.48. The topological polar surface area (TPSA) is 102 Å². The quantitative estimate of drug-likeness (QED) is 0.350. The van der Waals surface area contributed by atoms with Crippen molar-refractivity contribution >= 4 is 35.0 Å². The molecule has 0 unspecified atom stereocenters. The number of hydrogen-bond donors (Lipinski definition) is 1. The summed E-state index contributed by atoms with van der Waals surface area (Å²) in [4.78, 5) is 36.0. The van der Waals surface area contributed by atoms with E-state index in [0.29, 0.717) is 29.2 Å². The van der Waals surface area contributed by atoms with Gasteiger partial charge in [-0.2, -0.15) is 0 Å². The van der Waals surface area contributed by atoms with E-state index < -0.39 is 4.92 Å². The molecule has 1 N–H and O–H groups in total. The Morgan fingerprint density at radius 1 is 1.31 bits per heavy atom. The molecule has 2 aromatic rings. The molecule has 1 aliphatic rings. The molecule has 0 atom stereocenters. The van der Waals surface area contributed by atoms with Gasteiger partial charge in [0.1, 0.15) is 5.75 Å². The lowest BCUT2D eigenvalue weighted by Gasteiger charge is -2.29. The molecule has 0 saturated carbocycles. The lowest BCUT2D eigenvalue weighted by Crippen LogP contribution is -2.39. The van der Waals surface area contributed by atoms with Gasteiger partial charge >= 0.3 is 0 Å². The highest BCUT2D eigenvalue weighted by Crippen LogP contribution is 2.34. The molecule has 8 heteroatoms. The SMILES string of the molecule is C=C(C)CN1C(=O)COc2cc(NC(=O)/C=C/c3ccc([N+](=O)[O-])cc3)ccc21. The third-order valence-electron chi connectivity index (χ3n) is 4.13. The van der Waals surface area contributed by atoms with Gasteiger partial charge in [0.2, 0.25) is 5.91 Å². The molecule has 1 aliphatic heterocycles. The Balaban J connectivity index is 1.69. The fourth-order valence-corrected chi connectivity index (χ4v) is 2.79. The number of carbonyl (C=O) groups is 2. The van der Waals surface area contributed by atoms with Crippen molar-refractivity contribution in [1.29, 1.82) is 0 Å². The van der Waals surface area contributed by atoms with Crippen LogP contribution in [0.1, 0.15) is 12.5 Å². The number of hydrogen-bond acceptors (Lipinski definition) is 5. The maximum Gasteiger partial charge on any atom is 0.269 e. The van der Waals surface area contributed by atoms with Crippen LogP contribution in [0.2, 0.25) is 0 Å². The van der Waals surface area contributed by atoms with Crippen LogP contribution in [0.5, 0.6) is 5.75 Å². The normalized spacial score (nSPS) is 13.0. The van der Waals surface area contributed by atoms with E-state index in [2.05, 4.69) is 11.9 Å². The zero-order valence-corrected chi connectivity index (χ0v) is 15.8. The molecular weight excluding hydrogens is 374 g/mol. The van der Waals surface area contributed by atoms with E-state index in [9.17, 15) is 19.7 Å². The number of nitro benzene ring substituents is 1. The number of nitro groups is 1. The lowest BCUT2D eigenvalue weighted by atomic mass is 10.1. The number of anilines is 2. The molecule has 0 aromatic heterocycles. The highest BCUT2D eigenvalue weighted by atomic mass is 16.6. The number of rotatable bonds is 6. The smallest absolute Gasteiger partial charge is 0.269 e. The van der Waals surface area contributed by atoms with Crippen LogP contribution < -0.4 is 15.0 Å². The molecule has 2 amide bonds. The van der Waals surface area contributed by atoms with E-state index in [0.717, 1.165) is 5.57 Å². The number of benzene rings is 2. The summed E-state index contributed by atoms with van der Waals surface area (Å²) in [6.07, 6.45) is 2.89. The van der Waals surface area contributed by atoms with Crippen LogP contribution in [-0.2, 0) is 9.59 Å². The first-order valence-corrected chi connectivity index (χ1v) is 8.78. The molecule has 148 valence electrons. The number of nitrogens with zero attached hydrogens (tertiary/aromatic N) is 2. The highest BCUT2D eigenvalue weighted by Gasteiger charge is 2.25. The van der Waals surface area contributed by atoms with E-state index in [1.54, 1.807) is 41.3 Å². The average molecular weight is 393 g/mol. The molecule has 0 saturated heterocycles. The molecule has 29 heavy (non-hydrogen) atoms. The molecule has 0 bridgehead atoms. The van der Waals surface area contributed by atoms with Gasteiger partial charge < -0.3 is 15.0 Å². The Hall–Kier alpha value is -3.94. The second kappa shape index (κ2) is 8.39. The van der Waals surface area contributed by atoms with Gasteiger partial charge in [-0.25, -0.2) is 0 Å². The predicted molar refractivity (Wildman–Crippen MR) is 110 cm³/mol. The van der Waals surface area contributed by atoms with Crippen molar-refractivity contribution in [3.8, 4) is 5.75 Å². The summed E-state index contributed by atoms with van der Waals surface area (Å²) >= 11 is 0. The van der Waals surface area contributed by atoms with E-state index in [4.69, 9.17) is 4.74 Å². The van der Waals surface area contributed by atoms with Crippen molar-refractivity contribution in [3.05, 3.63) is 76.4 Å². The minimum absolute atomic E-state index is 0.0140. The van der Waals surface area contributed by atoms with E-state index >= 15 is 0 Å². The lowest BCUT2D eigenvalue weighted by molar-refractivity contribution is -0.384. The number of non-ortho nitro benzene ring substituents is 1. The van der Waals surface area contributed by atoms with Gasteiger partial charge in [-0.3, -0.25) is 19.7 Å². The minimum Gasteiger partial charge on any atom is -0.481 e. The van der Waals surface area contributed by atoms with E-state index in [1.807, 2.05) is 6.92 Å².